The number of rotatable bonds is 4. The molecule has 0 heterocycles. The zero-order valence-corrected chi connectivity index (χ0v) is 11.1. The highest BCUT2D eigenvalue weighted by Gasteiger charge is 2.06. The second-order valence-electron chi connectivity index (χ2n) is 4.38. The normalized spacial score (nSPS) is 10.0. The average molecular weight is 255 g/mol. The van der Waals surface area contributed by atoms with Crippen molar-refractivity contribution < 1.29 is 9.53 Å². The number of hydrogen-bond acceptors (Lipinski definition) is 2. The molecule has 0 bridgehead atoms. The van der Waals surface area contributed by atoms with Crippen LogP contribution in [0.2, 0.25) is 0 Å². The van der Waals surface area contributed by atoms with Gasteiger partial charge in [-0.05, 0) is 42.3 Å². The van der Waals surface area contributed by atoms with Crippen molar-refractivity contribution in [2.24, 2.45) is 0 Å². The van der Waals surface area contributed by atoms with Gasteiger partial charge in [0, 0.05) is 5.69 Å². The highest BCUT2D eigenvalue weighted by molar-refractivity contribution is 5.92. The first kappa shape index (κ1) is 13.1. The molecular weight excluding hydrogens is 238 g/mol. The van der Waals surface area contributed by atoms with E-state index in [-0.39, 0.29) is 5.91 Å². The predicted octanol–water partition coefficient (Wildman–Crippen LogP) is 3.18. The molecule has 0 spiro atoms. The van der Waals surface area contributed by atoms with Gasteiger partial charge >= 0.3 is 0 Å². The minimum absolute atomic E-state index is 0.0144. The maximum atomic E-state index is 11.9. The molecule has 0 aliphatic carbocycles. The summed E-state index contributed by atoms with van der Waals surface area (Å²) in [6.45, 7) is 2.01. The van der Waals surface area contributed by atoms with Crippen molar-refractivity contribution in [1.82, 2.24) is 0 Å². The number of hydrogen-bond donors (Lipinski definition) is 1. The maximum absolute atomic E-state index is 11.9. The van der Waals surface area contributed by atoms with E-state index in [9.17, 15) is 4.79 Å². The Balaban J connectivity index is 1.99. The molecule has 98 valence electrons. The lowest BCUT2D eigenvalue weighted by molar-refractivity contribution is -0.115. The van der Waals surface area contributed by atoms with Gasteiger partial charge in [-0.15, -0.1) is 0 Å². The molecule has 2 aromatic rings. The molecule has 0 saturated heterocycles. The van der Waals surface area contributed by atoms with Crippen LogP contribution in [0.3, 0.4) is 0 Å². The van der Waals surface area contributed by atoms with Gasteiger partial charge in [0.25, 0.3) is 0 Å². The monoisotopic (exact) mass is 255 g/mol. The van der Waals surface area contributed by atoms with E-state index in [2.05, 4.69) is 5.32 Å². The quantitative estimate of drug-likeness (QED) is 0.911. The Morgan fingerprint density at radius 2 is 1.79 bits per heavy atom. The third kappa shape index (κ3) is 3.58. The number of amides is 1. The number of carbonyl (C=O) groups excluding carboxylic acids is 1. The largest absolute Gasteiger partial charge is 0.497 e. The van der Waals surface area contributed by atoms with E-state index in [4.69, 9.17) is 4.74 Å². The molecule has 1 amide bonds. The number of anilines is 1. The van der Waals surface area contributed by atoms with E-state index in [0.717, 1.165) is 22.6 Å². The standard InChI is InChI=1S/C16H17NO2/c1-12-5-3-4-6-13(12)11-16(18)17-14-7-9-15(19-2)10-8-14/h3-10H,11H2,1-2H3,(H,17,18). The molecule has 0 fully saturated rings. The Hall–Kier alpha value is -2.29. The highest BCUT2D eigenvalue weighted by atomic mass is 16.5. The lowest BCUT2D eigenvalue weighted by atomic mass is 10.1. The van der Waals surface area contributed by atoms with Gasteiger partial charge in [0.15, 0.2) is 0 Å². The summed E-state index contributed by atoms with van der Waals surface area (Å²) in [4.78, 5) is 11.9. The van der Waals surface area contributed by atoms with Gasteiger partial charge in [-0.3, -0.25) is 4.79 Å². The Labute approximate surface area is 113 Å². The van der Waals surface area contributed by atoms with Gasteiger partial charge in [0.1, 0.15) is 5.75 Å². The number of nitrogens with one attached hydrogen (secondary N) is 1. The number of carbonyl (C=O) groups is 1. The summed E-state index contributed by atoms with van der Waals surface area (Å²) in [5.74, 6) is 0.761. The summed E-state index contributed by atoms with van der Waals surface area (Å²) in [5, 5.41) is 2.87. The average Bonchev–Trinajstić information content (AvgIpc) is 2.42. The number of aryl methyl sites for hydroxylation is 1. The van der Waals surface area contributed by atoms with Crippen LogP contribution in [-0.2, 0) is 11.2 Å². The third-order valence-electron chi connectivity index (χ3n) is 2.99. The molecule has 0 aliphatic rings. The molecule has 19 heavy (non-hydrogen) atoms. The van der Waals surface area contributed by atoms with Crippen LogP contribution in [0.1, 0.15) is 11.1 Å². The lowest BCUT2D eigenvalue weighted by Crippen LogP contribution is -2.14. The fourth-order valence-corrected chi connectivity index (χ4v) is 1.86. The van der Waals surface area contributed by atoms with Crippen molar-refractivity contribution in [3.05, 3.63) is 59.7 Å². The Kier molecular flexibility index (Phi) is 4.18. The Morgan fingerprint density at radius 3 is 2.42 bits per heavy atom. The predicted molar refractivity (Wildman–Crippen MR) is 76.5 cm³/mol. The van der Waals surface area contributed by atoms with Gasteiger partial charge in [-0.25, -0.2) is 0 Å². The second kappa shape index (κ2) is 6.05. The van der Waals surface area contributed by atoms with Crippen LogP contribution in [0.5, 0.6) is 5.75 Å². The maximum Gasteiger partial charge on any atom is 0.228 e. The smallest absolute Gasteiger partial charge is 0.228 e. The third-order valence-corrected chi connectivity index (χ3v) is 2.99. The zero-order chi connectivity index (χ0) is 13.7. The van der Waals surface area contributed by atoms with Crippen LogP contribution in [0, 0.1) is 6.92 Å². The van der Waals surface area contributed by atoms with Crippen molar-refractivity contribution in [3.63, 3.8) is 0 Å². The first-order valence-electron chi connectivity index (χ1n) is 6.17. The molecule has 0 radical (unpaired) electrons. The molecule has 2 rings (SSSR count). The molecule has 0 atom stereocenters. The number of benzene rings is 2. The fraction of sp³-hybridized carbons (Fsp3) is 0.188. The van der Waals surface area contributed by atoms with Gasteiger partial charge in [-0.2, -0.15) is 0 Å². The highest BCUT2D eigenvalue weighted by Crippen LogP contribution is 2.15. The van der Waals surface area contributed by atoms with Crippen LogP contribution < -0.4 is 10.1 Å². The second-order valence-corrected chi connectivity index (χ2v) is 4.38. The number of methoxy groups -OCH3 is 1. The molecule has 3 heteroatoms. The molecule has 1 N–H and O–H groups in total. The van der Waals surface area contributed by atoms with Crippen molar-refractivity contribution in [2.45, 2.75) is 13.3 Å². The van der Waals surface area contributed by atoms with Gasteiger partial charge < -0.3 is 10.1 Å². The molecule has 0 aliphatic heterocycles. The molecule has 0 aromatic heterocycles. The topological polar surface area (TPSA) is 38.3 Å². The summed E-state index contributed by atoms with van der Waals surface area (Å²) >= 11 is 0. The van der Waals surface area contributed by atoms with E-state index >= 15 is 0 Å². The first-order valence-corrected chi connectivity index (χ1v) is 6.17. The van der Waals surface area contributed by atoms with E-state index in [0.29, 0.717) is 6.42 Å². The van der Waals surface area contributed by atoms with E-state index in [1.165, 1.54) is 0 Å². The van der Waals surface area contributed by atoms with E-state index in [1.54, 1.807) is 7.11 Å². The molecule has 2 aromatic carbocycles. The van der Waals surface area contributed by atoms with Crippen LogP contribution in [-0.4, -0.2) is 13.0 Å². The van der Waals surface area contributed by atoms with Crippen LogP contribution in [0.15, 0.2) is 48.5 Å². The molecule has 3 nitrogen and oxygen atoms in total. The molecular formula is C16H17NO2. The summed E-state index contributed by atoms with van der Waals surface area (Å²) in [6, 6.07) is 15.2. The summed E-state index contributed by atoms with van der Waals surface area (Å²) in [6.07, 6.45) is 0.388. The Bertz CT molecular complexity index is 561. The SMILES string of the molecule is COc1ccc(NC(=O)Cc2ccccc2C)cc1. The molecule has 0 saturated carbocycles. The van der Waals surface area contributed by atoms with Crippen LogP contribution in [0.4, 0.5) is 5.69 Å². The van der Waals surface area contributed by atoms with E-state index in [1.807, 2.05) is 55.5 Å². The van der Waals surface area contributed by atoms with Crippen molar-refractivity contribution in [2.75, 3.05) is 12.4 Å². The summed E-state index contributed by atoms with van der Waals surface area (Å²) < 4.78 is 5.07. The van der Waals surface area contributed by atoms with Gasteiger partial charge in [0.05, 0.1) is 13.5 Å². The summed E-state index contributed by atoms with van der Waals surface area (Å²) in [7, 11) is 1.62. The minimum atomic E-state index is -0.0144. The van der Waals surface area contributed by atoms with Crippen LogP contribution in [0.25, 0.3) is 0 Å². The van der Waals surface area contributed by atoms with Crippen LogP contribution >= 0.6 is 0 Å². The minimum Gasteiger partial charge on any atom is -0.497 e. The van der Waals surface area contributed by atoms with Gasteiger partial charge in [0.2, 0.25) is 5.91 Å². The Morgan fingerprint density at radius 1 is 1.11 bits per heavy atom. The van der Waals surface area contributed by atoms with Crippen molar-refractivity contribution >= 4 is 11.6 Å². The zero-order valence-electron chi connectivity index (χ0n) is 11.1. The number of ether oxygens (including phenoxy) is 1. The summed E-state index contributed by atoms with van der Waals surface area (Å²) in [5.41, 5.74) is 2.96. The van der Waals surface area contributed by atoms with Gasteiger partial charge in [-0.1, -0.05) is 24.3 Å². The lowest BCUT2D eigenvalue weighted by Gasteiger charge is -2.08. The fourth-order valence-electron chi connectivity index (χ4n) is 1.86. The van der Waals surface area contributed by atoms with E-state index < -0.39 is 0 Å². The first-order chi connectivity index (χ1) is 9.19. The van der Waals surface area contributed by atoms with Crippen molar-refractivity contribution in [3.8, 4) is 5.75 Å². The van der Waals surface area contributed by atoms with Crippen molar-refractivity contribution in [1.29, 1.82) is 0 Å². The molecule has 0 unspecified atom stereocenters.